The van der Waals surface area contributed by atoms with Crippen molar-refractivity contribution in [2.75, 3.05) is 26.2 Å². The molecule has 0 atom stereocenters. The van der Waals surface area contributed by atoms with Crippen molar-refractivity contribution < 1.29 is 14.1 Å². The van der Waals surface area contributed by atoms with Crippen molar-refractivity contribution in [3.8, 4) is 0 Å². The number of hydrogen-bond donors (Lipinski definition) is 0. The van der Waals surface area contributed by atoms with E-state index in [1.807, 2.05) is 24.3 Å². The van der Waals surface area contributed by atoms with E-state index in [1.165, 1.54) is 11.8 Å². The third-order valence-electron chi connectivity index (χ3n) is 5.00. The van der Waals surface area contributed by atoms with Crippen LogP contribution in [0.25, 0.3) is 0 Å². The minimum Gasteiger partial charge on any atom is -0.338 e. The van der Waals surface area contributed by atoms with Crippen LogP contribution in [0.2, 0.25) is 10.0 Å². The molecule has 3 aromatic rings. The van der Waals surface area contributed by atoms with Gasteiger partial charge in [-0.25, -0.2) is 0 Å². The van der Waals surface area contributed by atoms with E-state index in [2.05, 4.69) is 10.1 Å². The second kappa shape index (κ2) is 9.94. The minimum absolute atomic E-state index is 0.0623. The van der Waals surface area contributed by atoms with Gasteiger partial charge in [0.1, 0.15) is 0 Å². The fourth-order valence-corrected chi connectivity index (χ4v) is 4.86. The summed E-state index contributed by atoms with van der Waals surface area (Å²) >= 11 is 13.5. The van der Waals surface area contributed by atoms with Crippen molar-refractivity contribution >= 4 is 46.8 Å². The van der Waals surface area contributed by atoms with Gasteiger partial charge in [0.2, 0.25) is 5.89 Å². The van der Waals surface area contributed by atoms with Gasteiger partial charge in [-0.2, -0.15) is 4.98 Å². The summed E-state index contributed by atoms with van der Waals surface area (Å²) in [5, 5.41) is 4.62. The van der Waals surface area contributed by atoms with E-state index < -0.39 is 0 Å². The Kier molecular flexibility index (Phi) is 7.03. The van der Waals surface area contributed by atoms with Crippen LogP contribution in [0.15, 0.2) is 51.9 Å². The summed E-state index contributed by atoms with van der Waals surface area (Å²) in [5.74, 6) is 1.37. The molecule has 7 nitrogen and oxygen atoms in total. The molecule has 1 aliphatic rings. The van der Waals surface area contributed by atoms with Crippen LogP contribution < -0.4 is 0 Å². The normalized spacial score (nSPS) is 14.0. The predicted octanol–water partition coefficient (Wildman–Crippen LogP) is 4.58. The number of amides is 2. The standard InChI is InChI=1S/C22H20Cl2N4O3S/c1-14-25-20(31-26-14)13-32-19-5-3-2-4-18(19)22(30)28-8-6-27(7-9-28)21(29)15-10-16(23)12-17(24)11-15/h2-5,10-12H,6-9,13H2,1H3. The van der Waals surface area contributed by atoms with Crippen molar-refractivity contribution in [1.29, 1.82) is 0 Å². The van der Waals surface area contributed by atoms with E-state index in [9.17, 15) is 9.59 Å². The van der Waals surface area contributed by atoms with Gasteiger partial charge in [0.05, 0.1) is 11.3 Å². The molecule has 1 aliphatic heterocycles. The molecule has 10 heteroatoms. The second-order valence-corrected chi connectivity index (χ2v) is 9.15. The summed E-state index contributed by atoms with van der Waals surface area (Å²) < 4.78 is 5.16. The number of rotatable bonds is 5. The molecule has 0 aliphatic carbocycles. The predicted molar refractivity (Wildman–Crippen MR) is 123 cm³/mol. The van der Waals surface area contributed by atoms with E-state index in [0.717, 1.165) is 4.90 Å². The number of hydrogen-bond acceptors (Lipinski definition) is 6. The minimum atomic E-state index is -0.146. The molecule has 0 N–H and O–H groups in total. The molecule has 1 fully saturated rings. The van der Waals surface area contributed by atoms with E-state index in [0.29, 0.717) is 64.8 Å². The average Bonchev–Trinajstić information content (AvgIpc) is 3.21. The Balaban J connectivity index is 1.39. The third kappa shape index (κ3) is 5.26. The van der Waals surface area contributed by atoms with Crippen LogP contribution in [0.5, 0.6) is 0 Å². The largest absolute Gasteiger partial charge is 0.338 e. The smallest absolute Gasteiger partial charge is 0.255 e. The van der Waals surface area contributed by atoms with Gasteiger partial charge in [-0.3, -0.25) is 9.59 Å². The highest BCUT2D eigenvalue weighted by Gasteiger charge is 2.27. The summed E-state index contributed by atoms with van der Waals surface area (Å²) in [5.41, 5.74) is 1.07. The lowest BCUT2D eigenvalue weighted by atomic mass is 10.1. The van der Waals surface area contributed by atoms with E-state index in [1.54, 1.807) is 34.9 Å². The lowest BCUT2D eigenvalue weighted by Gasteiger charge is -2.35. The number of piperazine rings is 1. The Morgan fingerprint density at radius 2 is 1.62 bits per heavy atom. The van der Waals surface area contributed by atoms with Crippen LogP contribution in [0, 0.1) is 6.92 Å². The highest BCUT2D eigenvalue weighted by molar-refractivity contribution is 7.98. The number of carbonyl (C=O) groups is 2. The lowest BCUT2D eigenvalue weighted by Crippen LogP contribution is -2.50. The number of halogens is 2. The summed E-state index contributed by atoms with van der Waals surface area (Å²) in [6, 6.07) is 12.3. The Bertz CT molecular complexity index is 1130. The molecule has 0 unspecified atom stereocenters. The van der Waals surface area contributed by atoms with Gasteiger partial charge >= 0.3 is 0 Å². The first-order valence-electron chi connectivity index (χ1n) is 9.96. The fraction of sp³-hybridized carbons (Fsp3) is 0.273. The van der Waals surface area contributed by atoms with Crippen LogP contribution in [0.1, 0.15) is 32.4 Å². The van der Waals surface area contributed by atoms with Crippen molar-refractivity contribution in [1.82, 2.24) is 19.9 Å². The van der Waals surface area contributed by atoms with Gasteiger partial charge in [0.15, 0.2) is 5.82 Å². The number of aromatic nitrogens is 2. The summed E-state index contributed by atoms with van der Waals surface area (Å²) in [6.07, 6.45) is 0. The van der Waals surface area contributed by atoms with Crippen molar-refractivity contribution in [3.05, 3.63) is 75.4 Å². The highest BCUT2D eigenvalue weighted by atomic mass is 35.5. The molecule has 0 bridgehead atoms. The fourth-order valence-electron chi connectivity index (χ4n) is 3.45. The second-order valence-electron chi connectivity index (χ2n) is 7.26. The van der Waals surface area contributed by atoms with Crippen LogP contribution in [-0.4, -0.2) is 57.9 Å². The summed E-state index contributed by atoms with van der Waals surface area (Å²) in [7, 11) is 0. The quantitative estimate of drug-likeness (QED) is 0.487. The molecular weight excluding hydrogens is 471 g/mol. The number of carbonyl (C=O) groups excluding carboxylic acids is 2. The molecule has 0 spiro atoms. The van der Waals surface area contributed by atoms with Gasteiger partial charge < -0.3 is 14.3 Å². The molecule has 2 heterocycles. The van der Waals surface area contributed by atoms with E-state index in [4.69, 9.17) is 27.7 Å². The van der Waals surface area contributed by atoms with Crippen molar-refractivity contribution in [2.24, 2.45) is 0 Å². The molecule has 1 saturated heterocycles. The monoisotopic (exact) mass is 490 g/mol. The molecule has 166 valence electrons. The van der Waals surface area contributed by atoms with Crippen LogP contribution in [0.3, 0.4) is 0 Å². The lowest BCUT2D eigenvalue weighted by molar-refractivity contribution is 0.0533. The highest BCUT2D eigenvalue weighted by Crippen LogP contribution is 2.27. The van der Waals surface area contributed by atoms with Crippen molar-refractivity contribution in [3.63, 3.8) is 0 Å². The summed E-state index contributed by atoms with van der Waals surface area (Å²) in [4.78, 5) is 34.5. The molecule has 2 amide bonds. The van der Waals surface area contributed by atoms with E-state index in [-0.39, 0.29) is 11.8 Å². The first kappa shape index (κ1) is 22.6. The molecule has 2 aromatic carbocycles. The van der Waals surface area contributed by atoms with Crippen LogP contribution in [-0.2, 0) is 5.75 Å². The van der Waals surface area contributed by atoms with Gasteiger partial charge in [0.25, 0.3) is 11.8 Å². The van der Waals surface area contributed by atoms with Gasteiger partial charge in [0, 0.05) is 46.7 Å². The molecule has 4 rings (SSSR count). The third-order valence-corrected chi connectivity index (χ3v) is 6.50. The van der Waals surface area contributed by atoms with Gasteiger partial charge in [-0.1, -0.05) is 40.5 Å². The van der Waals surface area contributed by atoms with Gasteiger partial charge in [-0.15, -0.1) is 11.8 Å². The summed E-state index contributed by atoms with van der Waals surface area (Å²) in [6.45, 7) is 3.53. The first-order valence-corrected chi connectivity index (χ1v) is 11.7. The SMILES string of the molecule is Cc1noc(CSc2ccccc2C(=O)N2CCN(C(=O)c3cc(Cl)cc(Cl)c3)CC2)n1. The number of thioether (sulfide) groups is 1. The number of aryl methyl sites for hydroxylation is 1. The number of nitrogens with zero attached hydrogens (tertiary/aromatic N) is 4. The topological polar surface area (TPSA) is 79.5 Å². The maximum atomic E-state index is 13.2. The van der Waals surface area contributed by atoms with Gasteiger partial charge in [-0.05, 0) is 37.3 Å². The number of benzene rings is 2. The van der Waals surface area contributed by atoms with E-state index >= 15 is 0 Å². The average molecular weight is 491 g/mol. The Morgan fingerprint density at radius 1 is 1.00 bits per heavy atom. The molecular formula is C22H20Cl2N4O3S. The molecule has 0 saturated carbocycles. The van der Waals surface area contributed by atoms with Crippen molar-refractivity contribution in [2.45, 2.75) is 17.6 Å². The maximum Gasteiger partial charge on any atom is 0.255 e. The van der Waals surface area contributed by atoms with Crippen LogP contribution in [0.4, 0.5) is 0 Å². The zero-order valence-electron chi connectivity index (χ0n) is 17.3. The molecule has 32 heavy (non-hydrogen) atoms. The molecule has 0 radical (unpaired) electrons. The Labute approximate surface area is 199 Å². The zero-order chi connectivity index (χ0) is 22.7. The molecule has 1 aromatic heterocycles. The zero-order valence-corrected chi connectivity index (χ0v) is 19.6. The maximum absolute atomic E-state index is 13.2. The Hall–Kier alpha value is -2.55. The first-order chi connectivity index (χ1) is 15.4. The van der Waals surface area contributed by atoms with Crippen LogP contribution >= 0.6 is 35.0 Å². The Morgan fingerprint density at radius 3 is 2.25 bits per heavy atom.